The van der Waals surface area contributed by atoms with Gasteiger partial charge in [-0.15, -0.1) is 0 Å². The molecule has 0 aliphatic heterocycles. The first kappa shape index (κ1) is 77.5. The highest BCUT2D eigenvalue weighted by Crippen LogP contribution is 2.43. The van der Waals surface area contributed by atoms with Crippen molar-refractivity contribution in [3.8, 4) is 0 Å². The van der Waals surface area contributed by atoms with Gasteiger partial charge in [0.15, 0.2) is 0 Å². The SMILES string of the molecule is CCCCC/C=C\C/C=C\C/C=C\CCCCCCCCC(=O)NC(COP(=O)(O)OCC[N+](C)(C)C)C(/C=C/CCCCCCCCCCCC)OC(=O)CCCCCCCCCCCCCCC/C=C\C/C=C\CCCCC. The van der Waals surface area contributed by atoms with Gasteiger partial charge in [0, 0.05) is 12.8 Å². The van der Waals surface area contributed by atoms with E-state index >= 15 is 0 Å². The zero-order valence-electron chi connectivity index (χ0n) is 53.3. The van der Waals surface area contributed by atoms with Crippen molar-refractivity contribution in [3.63, 3.8) is 0 Å². The molecule has 0 saturated heterocycles. The number of ether oxygens (including phenoxy) is 1. The van der Waals surface area contributed by atoms with Crippen molar-refractivity contribution in [2.45, 2.75) is 322 Å². The van der Waals surface area contributed by atoms with Crippen molar-refractivity contribution in [1.29, 1.82) is 0 Å². The Morgan fingerprint density at radius 1 is 0.438 bits per heavy atom. The van der Waals surface area contributed by atoms with Crippen LogP contribution in [0.15, 0.2) is 72.9 Å². The third-order valence-electron chi connectivity index (χ3n) is 14.9. The van der Waals surface area contributed by atoms with E-state index in [1.807, 2.05) is 33.3 Å². The monoisotopic (exact) mass is 1140 g/mol. The fourth-order valence-corrected chi connectivity index (χ4v) is 10.4. The predicted molar refractivity (Wildman–Crippen MR) is 346 cm³/mol. The van der Waals surface area contributed by atoms with Crippen LogP contribution in [0.1, 0.15) is 310 Å². The van der Waals surface area contributed by atoms with Crippen LogP contribution in [0.4, 0.5) is 0 Å². The van der Waals surface area contributed by atoms with Crippen molar-refractivity contribution in [2.24, 2.45) is 0 Å². The number of rotatable bonds is 61. The van der Waals surface area contributed by atoms with E-state index in [1.54, 1.807) is 0 Å². The normalized spacial score (nSPS) is 14.0. The average Bonchev–Trinajstić information content (AvgIpc) is 3.42. The highest BCUT2D eigenvalue weighted by Gasteiger charge is 2.30. The van der Waals surface area contributed by atoms with Gasteiger partial charge in [0.05, 0.1) is 33.8 Å². The molecular formula is C70H130N2O7P+. The second-order valence-corrected chi connectivity index (χ2v) is 25.4. The molecule has 3 unspecified atom stereocenters. The second-order valence-electron chi connectivity index (χ2n) is 24.0. The van der Waals surface area contributed by atoms with Gasteiger partial charge in [-0.3, -0.25) is 18.6 Å². The van der Waals surface area contributed by atoms with E-state index in [0.717, 1.165) is 89.9 Å². The van der Waals surface area contributed by atoms with Crippen molar-refractivity contribution < 1.29 is 37.3 Å². The van der Waals surface area contributed by atoms with Crippen molar-refractivity contribution in [1.82, 2.24) is 5.32 Å². The first-order chi connectivity index (χ1) is 38.9. The number of allylic oxidation sites excluding steroid dienone is 11. The molecule has 0 aromatic heterocycles. The number of amides is 1. The largest absolute Gasteiger partial charge is 0.472 e. The third-order valence-corrected chi connectivity index (χ3v) is 15.9. The van der Waals surface area contributed by atoms with Crippen molar-refractivity contribution in [3.05, 3.63) is 72.9 Å². The number of likely N-dealkylation sites (N-methyl/N-ethyl adjacent to an activating group) is 1. The van der Waals surface area contributed by atoms with Gasteiger partial charge in [0.2, 0.25) is 5.91 Å². The number of carbonyl (C=O) groups is 2. The molecule has 0 radical (unpaired) electrons. The Kier molecular flexibility index (Phi) is 57.7. The van der Waals surface area contributed by atoms with E-state index in [2.05, 4.69) is 86.8 Å². The maximum atomic E-state index is 13.6. The Bertz CT molecular complexity index is 1600. The summed E-state index contributed by atoms with van der Waals surface area (Å²) >= 11 is 0. The maximum Gasteiger partial charge on any atom is 0.472 e. The van der Waals surface area contributed by atoms with Gasteiger partial charge in [-0.2, -0.15) is 0 Å². The number of nitrogens with zero attached hydrogens (tertiary/aromatic N) is 1. The molecule has 0 aliphatic carbocycles. The highest BCUT2D eigenvalue weighted by atomic mass is 31.2. The minimum Gasteiger partial charge on any atom is -0.456 e. The molecule has 0 aliphatic rings. The van der Waals surface area contributed by atoms with E-state index in [1.165, 1.54) is 186 Å². The molecule has 0 spiro atoms. The molecule has 0 aromatic carbocycles. The minimum atomic E-state index is -4.46. The molecule has 3 atom stereocenters. The van der Waals surface area contributed by atoms with Crippen LogP contribution in [0.3, 0.4) is 0 Å². The summed E-state index contributed by atoms with van der Waals surface area (Å²) < 4.78 is 30.8. The van der Waals surface area contributed by atoms with Crippen LogP contribution in [0, 0.1) is 0 Å². The van der Waals surface area contributed by atoms with Crippen LogP contribution in [0.25, 0.3) is 0 Å². The molecule has 0 heterocycles. The first-order valence-electron chi connectivity index (χ1n) is 33.8. The Balaban J connectivity index is 5.15. The van der Waals surface area contributed by atoms with E-state index < -0.39 is 20.0 Å². The molecule has 0 aromatic rings. The van der Waals surface area contributed by atoms with Crippen LogP contribution >= 0.6 is 7.82 Å². The van der Waals surface area contributed by atoms with E-state index in [0.29, 0.717) is 17.4 Å². The molecule has 80 heavy (non-hydrogen) atoms. The van der Waals surface area contributed by atoms with Crippen LogP contribution in [0.5, 0.6) is 0 Å². The van der Waals surface area contributed by atoms with Gasteiger partial charge in [0.1, 0.15) is 19.3 Å². The zero-order valence-corrected chi connectivity index (χ0v) is 54.2. The van der Waals surface area contributed by atoms with Crippen LogP contribution in [0.2, 0.25) is 0 Å². The number of phosphoric acid groups is 1. The summed E-state index contributed by atoms with van der Waals surface area (Å²) in [6, 6.07) is -0.858. The lowest BCUT2D eigenvalue weighted by atomic mass is 10.0. The Morgan fingerprint density at radius 2 is 0.762 bits per heavy atom. The van der Waals surface area contributed by atoms with E-state index in [-0.39, 0.29) is 31.5 Å². The molecule has 9 nitrogen and oxygen atoms in total. The molecule has 10 heteroatoms. The number of phosphoric ester groups is 1. The standard InChI is InChI=1S/C70H129N2O7P/c1-7-10-13-16-19-22-25-28-30-32-34-35-36-37-39-41-43-45-48-51-54-57-60-63-70(74)79-68(61-58-55-52-49-46-27-24-21-18-15-12-9-3)67(66-78-80(75,76)77-65-64-72(4,5)6)71-69(73)62-59-56-53-50-47-44-42-40-38-33-31-29-26-23-20-17-14-11-8-2/h19-20,22-23,28-31,38,40,58,61,67-68H,7-18,21,24-27,32-37,39,41-57,59-60,62-66H2,1-6H3,(H-,71,73,75,76)/p+1/b22-19-,23-20-,30-28-,31-29-,40-38-,61-58+. The summed E-state index contributed by atoms with van der Waals surface area (Å²) in [5, 5.41) is 3.06. The summed E-state index contributed by atoms with van der Waals surface area (Å²) in [7, 11) is 1.49. The van der Waals surface area contributed by atoms with Gasteiger partial charge in [-0.05, 0) is 102 Å². The molecular weight excluding hydrogens is 1010 g/mol. The average molecular weight is 1140 g/mol. The van der Waals surface area contributed by atoms with Crippen LogP contribution in [-0.2, 0) is 27.9 Å². The summed E-state index contributed by atoms with van der Waals surface area (Å²) in [6.45, 7) is 6.97. The summed E-state index contributed by atoms with van der Waals surface area (Å²) in [6.07, 6.45) is 77.6. The van der Waals surface area contributed by atoms with E-state index in [9.17, 15) is 19.0 Å². The first-order valence-corrected chi connectivity index (χ1v) is 35.3. The lowest BCUT2D eigenvalue weighted by molar-refractivity contribution is -0.870. The fourth-order valence-electron chi connectivity index (χ4n) is 9.63. The van der Waals surface area contributed by atoms with Gasteiger partial charge in [-0.25, -0.2) is 4.57 Å². The number of carbonyl (C=O) groups excluding carboxylic acids is 2. The van der Waals surface area contributed by atoms with Crippen molar-refractivity contribution >= 4 is 19.7 Å². The Morgan fingerprint density at radius 3 is 1.16 bits per heavy atom. The van der Waals surface area contributed by atoms with Gasteiger partial charge >= 0.3 is 13.8 Å². The molecule has 0 bridgehead atoms. The van der Waals surface area contributed by atoms with Crippen LogP contribution in [-0.4, -0.2) is 74.3 Å². The molecule has 466 valence electrons. The second kappa shape index (κ2) is 59.6. The summed E-state index contributed by atoms with van der Waals surface area (Å²) in [5.74, 6) is -0.514. The number of hydrogen-bond donors (Lipinski definition) is 2. The Labute approximate surface area is 495 Å². The summed E-state index contributed by atoms with van der Waals surface area (Å²) in [5.41, 5.74) is 0. The maximum absolute atomic E-state index is 13.6. The number of quaternary nitrogens is 1. The fraction of sp³-hybridized carbons (Fsp3) is 0.800. The quantitative estimate of drug-likeness (QED) is 0.0205. The zero-order chi connectivity index (χ0) is 58.6. The molecule has 0 rings (SSSR count). The lowest BCUT2D eigenvalue weighted by Gasteiger charge is -2.27. The minimum absolute atomic E-state index is 0.0358. The Hall–Kier alpha value is -2.55. The smallest absolute Gasteiger partial charge is 0.456 e. The third kappa shape index (κ3) is 60.1. The van der Waals surface area contributed by atoms with Crippen LogP contribution < -0.4 is 5.32 Å². The molecule has 0 fully saturated rings. The molecule has 2 N–H and O–H groups in total. The molecule has 1 amide bonds. The number of nitrogens with one attached hydrogen (secondary N) is 1. The number of esters is 1. The van der Waals surface area contributed by atoms with Crippen molar-refractivity contribution in [2.75, 3.05) is 40.9 Å². The van der Waals surface area contributed by atoms with Gasteiger partial charge < -0.3 is 19.4 Å². The predicted octanol–water partition coefficient (Wildman–Crippen LogP) is 21.2. The summed E-state index contributed by atoms with van der Waals surface area (Å²) in [4.78, 5) is 37.8. The molecule has 0 saturated carbocycles. The number of hydrogen-bond acceptors (Lipinski definition) is 6. The number of unbranched alkanes of at least 4 members (excludes halogenated alkanes) is 35. The lowest BCUT2D eigenvalue weighted by Crippen LogP contribution is -2.47. The van der Waals surface area contributed by atoms with Gasteiger partial charge in [-0.1, -0.05) is 267 Å². The topological polar surface area (TPSA) is 111 Å². The highest BCUT2D eigenvalue weighted by molar-refractivity contribution is 7.47. The van der Waals surface area contributed by atoms with E-state index in [4.69, 9.17) is 13.8 Å². The van der Waals surface area contributed by atoms with Gasteiger partial charge in [0.25, 0.3) is 0 Å².